The lowest BCUT2D eigenvalue weighted by molar-refractivity contribution is -0.384. The van der Waals surface area contributed by atoms with Gasteiger partial charge in [-0.2, -0.15) is 0 Å². The van der Waals surface area contributed by atoms with E-state index in [-0.39, 0.29) is 24.6 Å². The van der Waals surface area contributed by atoms with E-state index in [2.05, 4.69) is 22.4 Å². The number of carbonyl (C=O) groups is 2. The number of anilines is 2. The molecule has 1 heterocycles. The summed E-state index contributed by atoms with van der Waals surface area (Å²) < 4.78 is 4.85. The van der Waals surface area contributed by atoms with Crippen LogP contribution in [0.4, 0.5) is 22.0 Å². The van der Waals surface area contributed by atoms with Crippen LogP contribution in [0.25, 0.3) is 0 Å². The Hall–Kier alpha value is -3.69. The molecule has 0 radical (unpaired) electrons. The molecule has 10 nitrogen and oxygen atoms in total. The number of carbonyl (C=O) groups excluding carboxylic acids is 2. The Balaban J connectivity index is 1.98. The zero-order chi connectivity index (χ0) is 19.1. The number of aromatic nitrogens is 1. The van der Waals surface area contributed by atoms with Gasteiger partial charge in [0.05, 0.1) is 4.92 Å². The summed E-state index contributed by atoms with van der Waals surface area (Å²) in [6.07, 6.45) is 1.48. The number of amides is 3. The van der Waals surface area contributed by atoms with Crippen molar-refractivity contribution in [2.24, 2.45) is 0 Å². The maximum Gasteiger partial charge on any atom is 0.322 e. The first-order valence-electron chi connectivity index (χ1n) is 7.53. The number of nitrogens with one attached hydrogen (secondary N) is 2. The molecule has 0 saturated carbocycles. The molecular weight excluding hydrogens is 342 g/mol. The second-order valence-corrected chi connectivity index (χ2v) is 5.27. The van der Waals surface area contributed by atoms with Crippen molar-refractivity contribution in [3.63, 3.8) is 0 Å². The quantitative estimate of drug-likeness (QED) is 0.444. The summed E-state index contributed by atoms with van der Waals surface area (Å²) in [6, 6.07) is 6.35. The molecular formula is C16H17N5O5. The van der Waals surface area contributed by atoms with E-state index in [0.717, 1.165) is 0 Å². The minimum Gasteiger partial charge on any atom is -0.360 e. The number of rotatable bonds is 7. The summed E-state index contributed by atoms with van der Waals surface area (Å²) in [7, 11) is 0. The Kier molecular flexibility index (Phi) is 6.04. The van der Waals surface area contributed by atoms with E-state index < -0.39 is 16.9 Å². The lowest BCUT2D eigenvalue weighted by Gasteiger charge is -2.20. The maximum atomic E-state index is 12.3. The first-order valence-corrected chi connectivity index (χ1v) is 7.53. The fourth-order valence-electron chi connectivity index (χ4n) is 2.03. The van der Waals surface area contributed by atoms with Gasteiger partial charge in [-0.1, -0.05) is 11.2 Å². The molecule has 3 amide bonds. The Labute approximate surface area is 148 Å². The zero-order valence-corrected chi connectivity index (χ0v) is 14.0. The maximum absolute atomic E-state index is 12.3. The molecule has 0 aliphatic carbocycles. The van der Waals surface area contributed by atoms with E-state index in [0.29, 0.717) is 11.4 Å². The number of hydrogen-bond acceptors (Lipinski definition) is 6. The van der Waals surface area contributed by atoms with Gasteiger partial charge < -0.3 is 20.1 Å². The van der Waals surface area contributed by atoms with E-state index >= 15 is 0 Å². The first kappa shape index (κ1) is 18.6. The van der Waals surface area contributed by atoms with Crippen molar-refractivity contribution in [1.82, 2.24) is 10.1 Å². The molecule has 0 aliphatic rings. The van der Waals surface area contributed by atoms with Crippen molar-refractivity contribution in [2.75, 3.05) is 23.7 Å². The average Bonchev–Trinajstić information content (AvgIpc) is 2.99. The molecule has 0 unspecified atom stereocenters. The van der Waals surface area contributed by atoms with Crippen LogP contribution >= 0.6 is 0 Å². The second-order valence-electron chi connectivity index (χ2n) is 5.27. The average molecular weight is 359 g/mol. The Morgan fingerprint density at radius 1 is 1.35 bits per heavy atom. The Morgan fingerprint density at radius 3 is 2.58 bits per heavy atom. The van der Waals surface area contributed by atoms with Crippen molar-refractivity contribution < 1.29 is 19.0 Å². The predicted molar refractivity (Wildman–Crippen MR) is 93.8 cm³/mol. The van der Waals surface area contributed by atoms with Gasteiger partial charge in [0, 0.05) is 30.4 Å². The van der Waals surface area contributed by atoms with Crippen LogP contribution in [0.1, 0.15) is 5.76 Å². The van der Waals surface area contributed by atoms with Crippen LogP contribution in [0.2, 0.25) is 0 Å². The summed E-state index contributed by atoms with van der Waals surface area (Å²) >= 11 is 0. The van der Waals surface area contributed by atoms with Gasteiger partial charge in [-0.25, -0.2) is 4.79 Å². The number of nitro groups is 1. The first-order chi connectivity index (χ1) is 12.4. The van der Waals surface area contributed by atoms with Gasteiger partial charge in [0.2, 0.25) is 5.91 Å². The van der Waals surface area contributed by atoms with Crippen LogP contribution in [0.5, 0.6) is 0 Å². The monoisotopic (exact) mass is 359 g/mol. The minimum atomic E-state index is -0.551. The summed E-state index contributed by atoms with van der Waals surface area (Å²) in [5.41, 5.74) is 0.274. The number of non-ortho nitro benzene ring substituents is 1. The zero-order valence-electron chi connectivity index (χ0n) is 14.0. The smallest absolute Gasteiger partial charge is 0.322 e. The van der Waals surface area contributed by atoms with Crippen molar-refractivity contribution >= 4 is 29.1 Å². The second kappa shape index (κ2) is 8.42. The van der Waals surface area contributed by atoms with Crippen LogP contribution in [-0.2, 0) is 4.79 Å². The third-order valence-corrected chi connectivity index (χ3v) is 3.20. The van der Waals surface area contributed by atoms with Crippen LogP contribution in [0, 0.1) is 17.0 Å². The summed E-state index contributed by atoms with van der Waals surface area (Å²) in [4.78, 5) is 35.7. The number of hydrogen-bond donors (Lipinski definition) is 2. The number of aryl methyl sites for hydroxylation is 1. The van der Waals surface area contributed by atoms with E-state index in [1.54, 1.807) is 13.0 Å². The van der Waals surface area contributed by atoms with E-state index in [4.69, 9.17) is 4.52 Å². The largest absolute Gasteiger partial charge is 0.360 e. The van der Waals surface area contributed by atoms with Gasteiger partial charge in [-0.3, -0.25) is 14.9 Å². The molecule has 136 valence electrons. The van der Waals surface area contributed by atoms with E-state index in [1.165, 1.54) is 35.2 Å². The molecule has 0 atom stereocenters. The predicted octanol–water partition coefficient (Wildman–Crippen LogP) is 2.55. The SMILES string of the molecule is C=CCN(CC(=O)Nc1cc(C)on1)C(=O)Nc1ccc([N+](=O)[O-])cc1. The van der Waals surface area contributed by atoms with Crippen LogP contribution in [0.15, 0.2) is 47.5 Å². The molecule has 1 aromatic heterocycles. The van der Waals surface area contributed by atoms with Crippen molar-refractivity contribution in [3.05, 3.63) is 58.9 Å². The highest BCUT2D eigenvalue weighted by molar-refractivity contribution is 5.96. The van der Waals surface area contributed by atoms with Crippen LogP contribution < -0.4 is 10.6 Å². The van der Waals surface area contributed by atoms with Crippen molar-refractivity contribution in [1.29, 1.82) is 0 Å². The highest BCUT2D eigenvalue weighted by atomic mass is 16.6. The molecule has 0 fully saturated rings. The van der Waals surface area contributed by atoms with E-state index in [9.17, 15) is 19.7 Å². The summed E-state index contributed by atoms with van der Waals surface area (Å²) in [5.74, 6) is 0.333. The molecule has 1 aromatic carbocycles. The van der Waals surface area contributed by atoms with E-state index in [1.807, 2.05) is 0 Å². The fraction of sp³-hybridized carbons (Fsp3) is 0.188. The molecule has 10 heteroatoms. The molecule has 2 N–H and O–H groups in total. The molecule has 26 heavy (non-hydrogen) atoms. The lowest BCUT2D eigenvalue weighted by Crippen LogP contribution is -2.40. The third-order valence-electron chi connectivity index (χ3n) is 3.20. The van der Waals surface area contributed by atoms with Crippen LogP contribution in [-0.4, -0.2) is 40.0 Å². The third kappa shape index (κ3) is 5.16. The number of benzene rings is 1. The number of nitro benzene ring substituents is 1. The van der Waals surface area contributed by atoms with Gasteiger partial charge in [-0.15, -0.1) is 6.58 Å². The highest BCUT2D eigenvalue weighted by Gasteiger charge is 2.17. The summed E-state index contributed by atoms with van der Waals surface area (Å²) in [6.45, 7) is 5.13. The van der Waals surface area contributed by atoms with Gasteiger partial charge in [0.15, 0.2) is 5.82 Å². The molecule has 2 aromatic rings. The normalized spacial score (nSPS) is 10.0. The Bertz CT molecular complexity index is 815. The molecule has 0 saturated heterocycles. The Morgan fingerprint density at radius 2 is 2.04 bits per heavy atom. The van der Waals surface area contributed by atoms with Crippen LogP contribution in [0.3, 0.4) is 0 Å². The minimum absolute atomic E-state index is 0.0896. The topological polar surface area (TPSA) is 131 Å². The highest BCUT2D eigenvalue weighted by Crippen LogP contribution is 2.16. The van der Waals surface area contributed by atoms with Crippen molar-refractivity contribution in [3.8, 4) is 0 Å². The molecule has 0 spiro atoms. The van der Waals surface area contributed by atoms with Gasteiger partial charge >= 0.3 is 6.03 Å². The molecule has 0 aliphatic heterocycles. The van der Waals surface area contributed by atoms with Gasteiger partial charge in [0.1, 0.15) is 12.3 Å². The lowest BCUT2D eigenvalue weighted by atomic mass is 10.3. The summed E-state index contributed by atoms with van der Waals surface area (Å²) in [5, 5.41) is 19.4. The fourth-order valence-corrected chi connectivity index (χ4v) is 2.03. The number of urea groups is 1. The van der Waals surface area contributed by atoms with Gasteiger partial charge in [0.25, 0.3) is 5.69 Å². The molecule has 0 bridgehead atoms. The van der Waals surface area contributed by atoms with Crippen molar-refractivity contribution in [2.45, 2.75) is 6.92 Å². The standard InChI is InChI=1S/C16H17N5O5/c1-3-8-20(10-15(22)18-14-9-11(2)26-19-14)16(23)17-12-4-6-13(7-5-12)21(24)25/h3-7,9H,1,8,10H2,2H3,(H,17,23)(H,18,19,22). The molecule has 2 rings (SSSR count). The number of nitrogens with zero attached hydrogens (tertiary/aromatic N) is 3. The van der Waals surface area contributed by atoms with Gasteiger partial charge in [-0.05, 0) is 19.1 Å².